The summed E-state index contributed by atoms with van der Waals surface area (Å²) in [6, 6.07) is 3.48. The molecule has 2 atom stereocenters. The fraction of sp³-hybridized carbons (Fsp3) is 0.500. The molecule has 0 radical (unpaired) electrons. The van der Waals surface area contributed by atoms with Crippen LogP contribution in [0, 0.1) is 11.8 Å². The first-order chi connectivity index (χ1) is 12.7. The number of halogens is 3. The zero-order valence-electron chi connectivity index (χ0n) is 15.6. The van der Waals surface area contributed by atoms with Crippen LogP contribution in [0.4, 0.5) is 18.9 Å². The minimum Gasteiger partial charge on any atom is -0.462 e. The number of hydrogen-bond acceptors (Lipinski definition) is 4. The van der Waals surface area contributed by atoms with Gasteiger partial charge in [-0.2, -0.15) is 13.2 Å². The van der Waals surface area contributed by atoms with E-state index in [1.165, 1.54) is 12.3 Å². The van der Waals surface area contributed by atoms with Crippen molar-refractivity contribution in [2.45, 2.75) is 33.4 Å². The summed E-state index contributed by atoms with van der Waals surface area (Å²) in [5.74, 6) is 0.329. The van der Waals surface area contributed by atoms with E-state index in [2.05, 4.69) is 23.7 Å². The summed E-state index contributed by atoms with van der Waals surface area (Å²) in [4.78, 5) is 18.7. The van der Waals surface area contributed by atoms with Crippen LogP contribution < -0.4 is 4.90 Å². The summed E-state index contributed by atoms with van der Waals surface area (Å²) in [7, 11) is 0. The number of fused-ring (bicyclic) bond motifs is 1. The predicted octanol–water partition coefficient (Wildman–Crippen LogP) is 4.91. The maximum absolute atomic E-state index is 13.1. The highest BCUT2D eigenvalue weighted by Gasteiger charge is 2.32. The number of benzene rings is 1. The van der Waals surface area contributed by atoms with Crippen LogP contribution in [0.2, 0.25) is 0 Å². The van der Waals surface area contributed by atoms with E-state index < -0.39 is 17.7 Å². The Morgan fingerprint density at radius 3 is 2.52 bits per heavy atom. The van der Waals surface area contributed by atoms with Crippen LogP contribution in [0.5, 0.6) is 0 Å². The zero-order valence-corrected chi connectivity index (χ0v) is 15.6. The predicted molar refractivity (Wildman–Crippen MR) is 97.9 cm³/mol. The van der Waals surface area contributed by atoms with E-state index in [1.54, 1.807) is 6.92 Å². The molecular weight excluding hydrogens is 357 g/mol. The summed E-state index contributed by atoms with van der Waals surface area (Å²) in [5.41, 5.74) is 0.382. The molecule has 3 rings (SSSR count). The molecule has 1 aromatic carbocycles. The first-order valence-corrected chi connectivity index (χ1v) is 9.12. The largest absolute Gasteiger partial charge is 0.462 e. The quantitative estimate of drug-likeness (QED) is 0.710. The highest BCUT2D eigenvalue weighted by molar-refractivity contribution is 6.05. The Kier molecular flexibility index (Phi) is 5.31. The first kappa shape index (κ1) is 19.5. The standard InChI is InChI=1S/C20H23F3N2O2/c1-4-27-19(26)16-9-24-17-8-14(20(21,22)23)5-6-15(17)18(16)25-10-12(2)7-13(3)11-25/h5-6,8-9,12-13H,4,7,10-11H2,1-3H3/t12-,13-/m1/s1. The molecule has 4 nitrogen and oxygen atoms in total. The van der Waals surface area contributed by atoms with Crippen molar-refractivity contribution in [2.75, 3.05) is 24.6 Å². The second-order valence-corrected chi connectivity index (χ2v) is 7.32. The molecule has 146 valence electrons. The Morgan fingerprint density at radius 2 is 1.93 bits per heavy atom. The van der Waals surface area contributed by atoms with Crippen molar-refractivity contribution in [3.8, 4) is 0 Å². The van der Waals surface area contributed by atoms with Crippen molar-refractivity contribution in [3.63, 3.8) is 0 Å². The number of piperidine rings is 1. The summed E-state index contributed by atoms with van der Waals surface area (Å²) in [6.07, 6.45) is -2.03. The number of anilines is 1. The highest BCUT2D eigenvalue weighted by atomic mass is 19.4. The summed E-state index contributed by atoms with van der Waals surface area (Å²) in [5, 5.41) is 0.537. The van der Waals surface area contributed by atoms with Crippen molar-refractivity contribution in [1.82, 2.24) is 4.98 Å². The van der Waals surface area contributed by atoms with E-state index in [9.17, 15) is 18.0 Å². The first-order valence-electron chi connectivity index (χ1n) is 9.12. The summed E-state index contributed by atoms with van der Waals surface area (Å²) >= 11 is 0. The lowest BCUT2D eigenvalue weighted by Crippen LogP contribution is -2.39. The summed E-state index contributed by atoms with van der Waals surface area (Å²) < 4.78 is 44.4. The lowest BCUT2D eigenvalue weighted by molar-refractivity contribution is -0.137. The Hall–Kier alpha value is -2.31. The van der Waals surface area contributed by atoms with E-state index in [0.717, 1.165) is 31.6 Å². The summed E-state index contributed by atoms with van der Waals surface area (Å²) in [6.45, 7) is 7.67. The number of pyridine rings is 1. The van der Waals surface area contributed by atoms with Gasteiger partial charge >= 0.3 is 12.1 Å². The van der Waals surface area contributed by atoms with Gasteiger partial charge < -0.3 is 9.64 Å². The number of esters is 1. The molecule has 1 aliphatic rings. The molecule has 7 heteroatoms. The van der Waals surface area contributed by atoms with Gasteiger partial charge in [0.1, 0.15) is 5.56 Å². The fourth-order valence-electron chi connectivity index (χ4n) is 3.90. The van der Waals surface area contributed by atoms with Crippen LogP contribution in [0.25, 0.3) is 10.9 Å². The second kappa shape index (κ2) is 7.37. The molecule has 0 aliphatic carbocycles. The van der Waals surface area contributed by atoms with Crippen LogP contribution in [0.3, 0.4) is 0 Å². The molecule has 1 saturated heterocycles. The number of carbonyl (C=O) groups excluding carboxylic acids is 1. The average Bonchev–Trinajstić information content (AvgIpc) is 2.58. The third kappa shape index (κ3) is 4.01. The van der Waals surface area contributed by atoms with Crippen LogP contribution in [-0.4, -0.2) is 30.6 Å². The van der Waals surface area contributed by atoms with Gasteiger partial charge in [-0.25, -0.2) is 4.79 Å². The Labute approximate surface area is 156 Å². The monoisotopic (exact) mass is 380 g/mol. The Bertz CT molecular complexity index is 841. The van der Waals surface area contributed by atoms with Crippen LogP contribution in [0.1, 0.15) is 43.1 Å². The topological polar surface area (TPSA) is 42.4 Å². The van der Waals surface area contributed by atoms with Gasteiger partial charge in [-0.3, -0.25) is 4.98 Å². The number of alkyl halides is 3. The third-order valence-electron chi connectivity index (χ3n) is 4.85. The van der Waals surface area contributed by atoms with Crippen molar-refractivity contribution in [3.05, 3.63) is 35.5 Å². The van der Waals surface area contributed by atoms with Crippen molar-refractivity contribution >= 4 is 22.6 Å². The van der Waals surface area contributed by atoms with Gasteiger partial charge in [-0.1, -0.05) is 19.9 Å². The molecule has 1 fully saturated rings. The number of rotatable bonds is 3. The SMILES string of the molecule is CCOC(=O)c1cnc2cc(C(F)(F)F)ccc2c1N1C[C@H](C)C[C@@H](C)C1. The number of ether oxygens (including phenoxy) is 1. The van der Waals surface area contributed by atoms with E-state index in [0.29, 0.717) is 28.5 Å². The Morgan fingerprint density at radius 1 is 1.26 bits per heavy atom. The smallest absolute Gasteiger partial charge is 0.416 e. The van der Waals surface area contributed by atoms with E-state index in [1.807, 2.05) is 0 Å². The van der Waals surface area contributed by atoms with Gasteiger partial charge in [-0.15, -0.1) is 0 Å². The lowest BCUT2D eigenvalue weighted by atomic mass is 9.90. The van der Waals surface area contributed by atoms with Gasteiger partial charge in [0, 0.05) is 24.7 Å². The van der Waals surface area contributed by atoms with Crippen LogP contribution in [0.15, 0.2) is 24.4 Å². The number of aromatic nitrogens is 1. The van der Waals surface area contributed by atoms with Crippen molar-refractivity contribution < 1.29 is 22.7 Å². The Balaban J connectivity index is 2.18. The molecular formula is C20H23F3N2O2. The molecule has 0 spiro atoms. The number of hydrogen-bond donors (Lipinski definition) is 0. The molecule has 0 saturated carbocycles. The van der Waals surface area contributed by atoms with E-state index in [-0.39, 0.29) is 12.1 Å². The van der Waals surface area contributed by atoms with Gasteiger partial charge in [0.2, 0.25) is 0 Å². The van der Waals surface area contributed by atoms with E-state index >= 15 is 0 Å². The maximum atomic E-state index is 13.1. The fourth-order valence-corrected chi connectivity index (χ4v) is 3.90. The molecule has 0 bridgehead atoms. The molecule has 1 aromatic heterocycles. The number of carbonyl (C=O) groups is 1. The van der Waals surface area contributed by atoms with Crippen LogP contribution >= 0.6 is 0 Å². The molecule has 27 heavy (non-hydrogen) atoms. The van der Waals surface area contributed by atoms with Gasteiger partial charge in [-0.05, 0) is 37.3 Å². The van der Waals surface area contributed by atoms with E-state index in [4.69, 9.17) is 4.74 Å². The van der Waals surface area contributed by atoms with Crippen molar-refractivity contribution in [1.29, 1.82) is 0 Å². The number of nitrogens with zero attached hydrogens (tertiary/aromatic N) is 2. The average molecular weight is 380 g/mol. The van der Waals surface area contributed by atoms with Gasteiger partial charge in [0.25, 0.3) is 0 Å². The second-order valence-electron chi connectivity index (χ2n) is 7.32. The van der Waals surface area contributed by atoms with Crippen LogP contribution in [-0.2, 0) is 10.9 Å². The molecule has 2 heterocycles. The molecule has 0 unspecified atom stereocenters. The maximum Gasteiger partial charge on any atom is 0.416 e. The normalized spacial score (nSPS) is 20.7. The lowest BCUT2D eigenvalue weighted by Gasteiger charge is -2.37. The van der Waals surface area contributed by atoms with Gasteiger partial charge in [0.15, 0.2) is 0 Å². The third-order valence-corrected chi connectivity index (χ3v) is 4.85. The molecule has 0 amide bonds. The molecule has 2 aromatic rings. The molecule has 1 aliphatic heterocycles. The minimum absolute atomic E-state index is 0.218. The zero-order chi connectivity index (χ0) is 19.8. The molecule has 0 N–H and O–H groups in total. The highest BCUT2D eigenvalue weighted by Crippen LogP contribution is 2.37. The minimum atomic E-state index is -4.44. The van der Waals surface area contributed by atoms with Gasteiger partial charge in [0.05, 0.1) is 23.4 Å². The van der Waals surface area contributed by atoms with Crippen molar-refractivity contribution in [2.24, 2.45) is 11.8 Å².